The van der Waals surface area contributed by atoms with Crippen LogP contribution in [0.4, 0.5) is 0 Å². The molecule has 0 fully saturated rings. The second kappa shape index (κ2) is 7.85. The van der Waals surface area contributed by atoms with E-state index in [4.69, 9.17) is 5.73 Å². The zero-order chi connectivity index (χ0) is 19.1. The summed E-state index contributed by atoms with van der Waals surface area (Å²) in [5, 5.41) is 21.5. The molecule has 1 aromatic rings. The number of phenols is 1. The fourth-order valence-electron chi connectivity index (χ4n) is 2.72. The van der Waals surface area contributed by atoms with E-state index in [1.54, 1.807) is 0 Å². The van der Waals surface area contributed by atoms with Crippen LogP contribution in [0.15, 0.2) is 12.1 Å². The fraction of sp³-hybridized carbons (Fsp3) is 0.714. The second-order valence-electron chi connectivity index (χ2n) is 10.2. The number of halogens is 1. The van der Waals surface area contributed by atoms with Crippen molar-refractivity contribution in [2.75, 3.05) is 0 Å². The molecule has 0 saturated carbocycles. The molecule has 0 aromatic heterocycles. The number of aromatic hydroxyl groups is 1. The highest BCUT2D eigenvalue weighted by Gasteiger charge is 2.29. The fourth-order valence-corrected chi connectivity index (χ4v) is 2.72. The third-order valence-corrected chi connectivity index (χ3v) is 4.72. The van der Waals surface area contributed by atoms with Gasteiger partial charge in [-0.05, 0) is 51.5 Å². The Morgan fingerprint density at radius 2 is 1.24 bits per heavy atom. The molecule has 25 heavy (non-hydrogen) atoms. The van der Waals surface area contributed by atoms with E-state index in [0.29, 0.717) is 12.2 Å². The van der Waals surface area contributed by atoms with Gasteiger partial charge in [0.1, 0.15) is 5.75 Å². The first kappa shape index (κ1) is 24.2. The van der Waals surface area contributed by atoms with Gasteiger partial charge in [-0.1, -0.05) is 62.3 Å². The van der Waals surface area contributed by atoms with E-state index in [1.165, 1.54) is 0 Å². The third-order valence-electron chi connectivity index (χ3n) is 4.72. The van der Waals surface area contributed by atoms with E-state index in [-0.39, 0.29) is 34.7 Å². The van der Waals surface area contributed by atoms with Gasteiger partial charge in [0.05, 0.1) is 6.10 Å². The lowest BCUT2D eigenvalue weighted by molar-refractivity contribution is 0.133. The number of benzene rings is 1. The highest BCUT2D eigenvalue weighted by Crippen LogP contribution is 2.41. The number of rotatable bonds is 3. The molecule has 0 aliphatic carbocycles. The van der Waals surface area contributed by atoms with Crippen molar-refractivity contribution >= 4 is 12.4 Å². The Morgan fingerprint density at radius 3 is 1.52 bits per heavy atom. The molecule has 146 valence electrons. The summed E-state index contributed by atoms with van der Waals surface area (Å²) in [7, 11) is 0. The average molecular weight is 372 g/mol. The lowest BCUT2D eigenvalue weighted by Gasteiger charge is -2.31. The first-order valence-electron chi connectivity index (χ1n) is 8.86. The van der Waals surface area contributed by atoms with E-state index < -0.39 is 6.10 Å². The van der Waals surface area contributed by atoms with Crippen molar-refractivity contribution in [3.05, 3.63) is 28.8 Å². The van der Waals surface area contributed by atoms with Crippen LogP contribution in [0.2, 0.25) is 0 Å². The molecule has 0 heterocycles. The number of phenolic OH excluding ortho intramolecular Hbond substituents is 1. The van der Waals surface area contributed by atoms with Crippen molar-refractivity contribution in [3.63, 3.8) is 0 Å². The van der Waals surface area contributed by atoms with E-state index >= 15 is 0 Å². The van der Waals surface area contributed by atoms with Crippen LogP contribution in [0, 0.1) is 5.41 Å². The summed E-state index contributed by atoms with van der Waals surface area (Å²) in [6.45, 7) is 18.7. The molecule has 2 atom stereocenters. The maximum absolute atomic E-state index is 10.8. The van der Waals surface area contributed by atoms with Crippen LogP contribution in [0.25, 0.3) is 0 Å². The molecule has 0 bridgehead atoms. The predicted octanol–water partition coefficient (Wildman–Crippen LogP) is 5.21. The summed E-state index contributed by atoms with van der Waals surface area (Å²) in [6, 6.07) is 3.77. The van der Waals surface area contributed by atoms with Gasteiger partial charge in [0.25, 0.3) is 0 Å². The van der Waals surface area contributed by atoms with E-state index in [1.807, 2.05) is 12.1 Å². The molecule has 4 N–H and O–H groups in total. The van der Waals surface area contributed by atoms with Gasteiger partial charge in [-0.3, -0.25) is 0 Å². The van der Waals surface area contributed by atoms with Gasteiger partial charge < -0.3 is 15.9 Å². The van der Waals surface area contributed by atoms with Crippen LogP contribution in [0.3, 0.4) is 0 Å². The van der Waals surface area contributed by atoms with Crippen LogP contribution in [0.5, 0.6) is 5.75 Å². The monoisotopic (exact) mass is 371 g/mol. The molecular weight excluding hydrogens is 334 g/mol. The molecule has 0 radical (unpaired) electrons. The molecule has 0 spiro atoms. The molecule has 0 aliphatic heterocycles. The summed E-state index contributed by atoms with van der Waals surface area (Å²) in [6.07, 6.45) is -0.136. The highest BCUT2D eigenvalue weighted by atomic mass is 35.5. The third kappa shape index (κ3) is 6.16. The van der Waals surface area contributed by atoms with Gasteiger partial charge in [-0.2, -0.15) is 0 Å². The number of aliphatic hydroxyl groups excluding tert-OH is 1. The Balaban J connectivity index is 0.00000576. The van der Waals surface area contributed by atoms with Gasteiger partial charge in [-0.15, -0.1) is 12.4 Å². The van der Waals surface area contributed by atoms with Crippen molar-refractivity contribution in [2.45, 2.75) is 91.7 Å². The molecule has 0 unspecified atom stereocenters. The Kier molecular flexibility index (Phi) is 7.61. The summed E-state index contributed by atoms with van der Waals surface area (Å²) in [4.78, 5) is 0. The Morgan fingerprint density at radius 1 is 0.880 bits per heavy atom. The standard InChI is InChI=1S/C21H37NO2.ClH/c1-19(2,3)14-10-13(11-15(18(14)24)20(4,5)6)16(23)12-17(22)21(7,8)9;/h10-11,16-17,23-24H,12,22H2,1-9H3;1H/t16-,17+;/m1./s1. The van der Waals surface area contributed by atoms with Crippen molar-refractivity contribution in [3.8, 4) is 5.75 Å². The van der Waals surface area contributed by atoms with Crippen LogP contribution in [-0.2, 0) is 10.8 Å². The van der Waals surface area contributed by atoms with Gasteiger partial charge in [0, 0.05) is 6.04 Å². The molecule has 0 aliphatic rings. The molecule has 0 amide bonds. The lowest BCUT2D eigenvalue weighted by atomic mass is 9.77. The summed E-state index contributed by atoms with van der Waals surface area (Å²) < 4.78 is 0. The summed E-state index contributed by atoms with van der Waals surface area (Å²) in [5.74, 6) is 0.339. The molecule has 1 aromatic carbocycles. The molecule has 3 nitrogen and oxygen atoms in total. The summed E-state index contributed by atoms with van der Waals surface area (Å²) >= 11 is 0. The first-order chi connectivity index (χ1) is 10.5. The van der Waals surface area contributed by atoms with Crippen LogP contribution >= 0.6 is 12.4 Å². The molecule has 4 heteroatoms. The van der Waals surface area contributed by atoms with E-state index in [2.05, 4.69) is 62.3 Å². The van der Waals surface area contributed by atoms with Crippen molar-refractivity contribution in [1.29, 1.82) is 0 Å². The smallest absolute Gasteiger partial charge is 0.123 e. The van der Waals surface area contributed by atoms with Crippen LogP contribution in [0.1, 0.15) is 91.5 Å². The summed E-state index contributed by atoms with van der Waals surface area (Å²) in [5.41, 5.74) is 8.37. The SMILES string of the molecule is CC(C)(C)c1cc([C@H](O)C[C@H](N)C(C)(C)C)cc(C(C)(C)C)c1O.Cl. The van der Waals surface area contributed by atoms with Crippen molar-refractivity contribution in [1.82, 2.24) is 0 Å². The number of hydrogen-bond acceptors (Lipinski definition) is 3. The molecule has 1 rings (SSSR count). The topological polar surface area (TPSA) is 66.5 Å². The van der Waals surface area contributed by atoms with Crippen molar-refractivity contribution < 1.29 is 10.2 Å². The van der Waals surface area contributed by atoms with E-state index in [0.717, 1.165) is 16.7 Å². The van der Waals surface area contributed by atoms with E-state index in [9.17, 15) is 10.2 Å². The largest absolute Gasteiger partial charge is 0.507 e. The highest BCUT2D eigenvalue weighted by molar-refractivity contribution is 5.85. The Bertz CT molecular complexity index is 542. The minimum atomic E-state index is -0.637. The van der Waals surface area contributed by atoms with Gasteiger partial charge >= 0.3 is 0 Å². The second-order valence-corrected chi connectivity index (χ2v) is 10.2. The Labute approximate surface area is 160 Å². The molecule has 0 saturated heterocycles. The normalized spacial score (nSPS) is 15.5. The minimum Gasteiger partial charge on any atom is -0.507 e. The van der Waals surface area contributed by atoms with Gasteiger partial charge in [0.2, 0.25) is 0 Å². The van der Waals surface area contributed by atoms with Gasteiger partial charge in [0.15, 0.2) is 0 Å². The maximum Gasteiger partial charge on any atom is 0.123 e. The first-order valence-corrected chi connectivity index (χ1v) is 8.86. The maximum atomic E-state index is 10.8. The zero-order valence-electron chi connectivity index (χ0n) is 17.4. The Hall–Kier alpha value is -0.770. The van der Waals surface area contributed by atoms with Crippen LogP contribution < -0.4 is 5.73 Å². The van der Waals surface area contributed by atoms with Gasteiger partial charge in [-0.25, -0.2) is 0 Å². The number of nitrogens with two attached hydrogens (primary N) is 1. The van der Waals surface area contributed by atoms with Crippen LogP contribution in [-0.4, -0.2) is 16.3 Å². The lowest BCUT2D eigenvalue weighted by Crippen LogP contribution is -2.36. The zero-order valence-corrected chi connectivity index (χ0v) is 18.2. The number of hydrogen-bond donors (Lipinski definition) is 3. The average Bonchev–Trinajstić information content (AvgIpc) is 2.34. The predicted molar refractivity (Wildman–Crippen MR) is 110 cm³/mol. The number of aliphatic hydroxyl groups is 1. The quantitative estimate of drug-likeness (QED) is 0.683. The molecular formula is C21H38ClNO2. The minimum absolute atomic E-state index is 0. The van der Waals surface area contributed by atoms with Crippen molar-refractivity contribution in [2.24, 2.45) is 11.1 Å².